The molecular weight excluding hydrogens is 282 g/mol. The van der Waals surface area contributed by atoms with Gasteiger partial charge in [0.25, 0.3) is 0 Å². The zero-order chi connectivity index (χ0) is 14.1. The summed E-state index contributed by atoms with van der Waals surface area (Å²) in [5, 5.41) is 5.50. The van der Waals surface area contributed by atoms with Gasteiger partial charge in [0.05, 0.1) is 5.69 Å². The molecule has 6 heteroatoms. The van der Waals surface area contributed by atoms with E-state index in [0.29, 0.717) is 6.04 Å². The first-order valence-electron chi connectivity index (χ1n) is 7.03. The van der Waals surface area contributed by atoms with Gasteiger partial charge in [-0.2, -0.15) is 0 Å². The third-order valence-corrected chi connectivity index (χ3v) is 4.45. The summed E-state index contributed by atoms with van der Waals surface area (Å²) in [7, 11) is 0. The lowest BCUT2D eigenvalue weighted by Crippen LogP contribution is -2.17. The Morgan fingerprint density at radius 1 is 1.29 bits per heavy atom. The van der Waals surface area contributed by atoms with Gasteiger partial charge in [-0.25, -0.2) is 15.0 Å². The first kappa shape index (κ1) is 12.8. The zero-order valence-corrected chi connectivity index (χ0v) is 12.3. The highest BCUT2D eigenvalue weighted by Gasteiger charge is 2.22. The molecule has 0 aliphatic heterocycles. The van der Waals surface area contributed by atoms with E-state index in [9.17, 15) is 0 Å². The Kier molecular flexibility index (Phi) is 3.33. The van der Waals surface area contributed by atoms with Crippen LogP contribution in [0.2, 0.25) is 0 Å². The minimum absolute atomic E-state index is 0.677. The molecule has 4 rings (SSSR count). The summed E-state index contributed by atoms with van der Waals surface area (Å²) < 4.78 is 2.15. The van der Waals surface area contributed by atoms with Gasteiger partial charge < -0.3 is 9.72 Å². The van der Waals surface area contributed by atoms with Crippen molar-refractivity contribution in [3.63, 3.8) is 0 Å². The molecule has 1 saturated carbocycles. The van der Waals surface area contributed by atoms with Crippen LogP contribution in [0.15, 0.2) is 53.0 Å². The molecule has 0 saturated heterocycles. The lowest BCUT2D eigenvalue weighted by Gasteiger charge is -2.05. The highest BCUT2D eigenvalue weighted by molar-refractivity contribution is 7.99. The van der Waals surface area contributed by atoms with Gasteiger partial charge in [-0.05, 0) is 42.8 Å². The average molecular weight is 297 g/mol. The summed E-state index contributed by atoms with van der Waals surface area (Å²) in [4.78, 5) is 13.0. The van der Waals surface area contributed by atoms with Crippen molar-refractivity contribution in [2.24, 2.45) is 0 Å². The van der Waals surface area contributed by atoms with Gasteiger partial charge in [0.1, 0.15) is 22.0 Å². The highest BCUT2D eigenvalue weighted by Crippen LogP contribution is 2.29. The number of nitrogens with zero attached hydrogens (tertiary/aromatic N) is 4. The van der Waals surface area contributed by atoms with Gasteiger partial charge in [0, 0.05) is 25.0 Å². The maximum Gasteiger partial charge on any atom is 0.138 e. The second-order valence-electron chi connectivity index (χ2n) is 5.10. The summed E-state index contributed by atoms with van der Waals surface area (Å²) in [6.07, 6.45) is 7.96. The summed E-state index contributed by atoms with van der Waals surface area (Å²) in [5.41, 5.74) is 2.17. The Balaban J connectivity index is 1.69. The lowest BCUT2D eigenvalue weighted by atomic mass is 10.4. The molecule has 1 aliphatic rings. The number of fused-ring (bicyclic) bond motifs is 1. The Morgan fingerprint density at radius 3 is 3.05 bits per heavy atom. The van der Waals surface area contributed by atoms with Crippen molar-refractivity contribution in [1.82, 2.24) is 24.7 Å². The smallest absolute Gasteiger partial charge is 0.138 e. The Bertz CT molecular complexity index is 751. The standard InChI is InChI=1S/C15H15N5S/c1-2-8-20-12(9-17-11-4-5-11)15(19-13(20)3-1)21-14-6-7-16-10-18-14/h1-3,6-8,10-11,17H,4-5,9H2. The molecule has 0 amide bonds. The molecule has 0 unspecified atom stereocenters. The van der Waals surface area contributed by atoms with E-state index in [4.69, 9.17) is 4.98 Å². The fourth-order valence-corrected chi connectivity index (χ4v) is 3.09. The first-order valence-corrected chi connectivity index (χ1v) is 7.85. The van der Waals surface area contributed by atoms with Crippen LogP contribution in [-0.4, -0.2) is 25.4 Å². The predicted molar refractivity (Wildman–Crippen MR) is 81.2 cm³/mol. The van der Waals surface area contributed by atoms with Crippen molar-refractivity contribution >= 4 is 17.4 Å². The third-order valence-electron chi connectivity index (χ3n) is 3.48. The minimum atomic E-state index is 0.677. The molecule has 21 heavy (non-hydrogen) atoms. The molecule has 3 aromatic rings. The molecule has 0 bridgehead atoms. The van der Waals surface area contributed by atoms with Crippen LogP contribution in [0.1, 0.15) is 18.5 Å². The van der Waals surface area contributed by atoms with Crippen LogP contribution in [0.4, 0.5) is 0 Å². The number of hydrogen-bond donors (Lipinski definition) is 1. The van der Waals surface area contributed by atoms with Gasteiger partial charge in [-0.3, -0.25) is 0 Å². The highest BCUT2D eigenvalue weighted by atomic mass is 32.2. The van der Waals surface area contributed by atoms with Crippen molar-refractivity contribution < 1.29 is 0 Å². The maximum atomic E-state index is 4.73. The van der Waals surface area contributed by atoms with E-state index in [0.717, 1.165) is 22.2 Å². The van der Waals surface area contributed by atoms with E-state index in [2.05, 4.69) is 25.9 Å². The van der Waals surface area contributed by atoms with Gasteiger partial charge in [-0.15, -0.1) is 0 Å². The third kappa shape index (κ3) is 2.77. The average Bonchev–Trinajstić information content (AvgIpc) is 3.28. The number of imidazole rings is 1. The van der Waals surface area contributed by atoms with Crippen LogP contribution in [-0.2, 0) is 6.54 Å². The molecule has 1 aliphatic carbocycles. The summed E-state index contributed by atoms with van der Waals surface area (Å²) in [6.45, 7) is 0.837. The van der Waals surface area contributed by atoms with Gasteiger partial charge in [0.2, 0.25) is 0 Å². The summed E-state index contributed by atoms with van der Waals surface area (Å²) in [6, 6.07) is 8.67. The van der Waals surface area contributed by atoms with Crippen LogP contribution < -0.4 is 5.32 Å². The number of pyridine rings is 1. The van der Waals surface area contributed by atoms with E-state index in [1.54, 1.807) is 24.3 Å². The van der Waals surface area contributed by atoms with Gasteiger partial charge >= 0.3 is 0 Å². The Labute approximate surface area is 126 Å². The first-order chi connectivity index (χ1) is 10.4. The fourth-order valence-electron chi connectivity index (χ4n) is 2.23. The number of aromatic nitrogens is 4. The van der Waals surface area contributed by atoms with Gasteiger partial charge in [-0.1, -0.05) is 6.07 Å². The van der Waals surface area contributed by atoms with Gasteiger partial charge in [0.15, 0.2) is 0 Å². The molecule has 0 atom stereocenters. The van der Waals surface area contributed by atoms with Crippen LogP contribution in [0.5, 0.6) is 0 Å². The van der Waals surface area contributed by atoms with Crippen LogP contribution in [0.25, 0.3) is 5.65 Å². The zero-order valence-electron chi connectivity index (χ0n) is 11.4. The fraction of sp³-hybridized carbons (Fsp3) is 0.267. The molecule has 106 valence electrons. The number of nitrogens with one attached hydrogen (secondary N) is 1. The minimum Gasteiger partial charge on any atom is -0.308 e. The van der Waals surface area contributed by atoms with Crippen molar-refractivity contribution in [1.29, 1.82) is 0 Å². The van der Waals surface area contributed by atoms with Crippen molar-refractivity contribution in [2.75, 3.05) is 0 Å². The second kappa shape index (κ2) is 5.46. The van der Waals surface area contributed by atoms with E-state index >= 15 is 0 Å². The SMILES string of the molecule is c1ccn2c(CNC3CC3)c(Sc3ccncn3)nc2c1. The normalized spacial score (nSPS) is 14.7. The monoisotopic (exact) mass is 297 g/mol. The second-order valence-corrected chi connectivity index (χ2v) is 6.11. The molecule has 0 radical (unpaired) electrons. The Hall–Kier alpha value is -1.92. The molecule has 0 aromatic carbocycles. The van der Waals surface area contributed by atoms with Crippen molar-refractivity contribution in [2.45, 2.75) is 35.5 Å². The number of hydrogen-bond acceptors (Lipinski definition) is 5. The number of rotatable bonds is 5. The Morgan fingerprint density at radius 2 is 2.24 bits per heavy atom. The predicted octanol–water partition coefficient (Wildman–Crippen LogP) is 2.53. The molecular formula is C15H15N5S. The maximum absolute atomic E-state index is 4.73. The molecule has 5 nitrogen and oxygen atoms in total. The lowest BCUT2D eigenvalue weighted by molar-refractivity contribution is 0.661. The molecule has 3 heterocycles. The summed E-state index contributed by atoms with van der Waals surface area (Å²) in [5.74, 6) is 0. The largest absolute Gasteiger partial charge is 0.308 e. The molecule has 0 spiro atoms. The van der Waals surface area contributed by atoms with Crippen molar-refractivity contribution in [3.8, 4) is 0 Å². The molecule has 3 aromatic heterocycles. The molecule has 1 N–H and O–H groups in total. The summed E-state index contributed by atoms with van der Waals surface area (Å²) >= 11 is 1.59. The topological polar surface area (TPSA) is 55.1 Å². The van der Waals surface area contributed by atoms with Crippen molar-refractivity contribution in [3.05, 3.63) is 48.7 Å². The van der Waals surface area contributed by atoms with Crippen LogP contribution in [0, 0.1) is 0 Å². The van der Waals surface area contributed by atoms with E-state index < -0.39 is 0 Å². The van der Waals surface area contributed by atoms with Crippen LogP contribution >= 0.6 is 11.8 Å². The van der Waals surface area contributed by atoms with E-state index in [-0.39, 0.29) is 0 Å². The van der Waals surface area contributed by atoms with E-state index in [1.807, 2.05) is 24.3 Å². The van der Waals surface area contributed by atoms with Crippen LogP contribution in [0.3, 0.4) is 0 Å². The quantitative estimate of drug-likeness (QED) is 0.733. The van der Waals surface area contributed by atoms with E-state index in [1.165, 1.54) is 18.5 Å². The molecule has 1 fully saturated rings.